The first-order chi connectivity index (χ1) is 9.11. The van der Waals surface area contributed by atoms with Gasteiger partial charge in [-0.15, -0.1) is 0 Å². The molecule has 106 valence electrons. The molecular formula is C15H25N3O. The van der Waals surface area contributed by atoms with Gasteiger partial charge < -0.3 is 10.1 Å². The molecule has 1 saturated carbocycles. The Bertz CT molecular complexity index is 420. The van der Waals surface area contributed by atoms with E-state index in [1.807, 2.05) is 20.2 Å². The van der Waals surface area contributed by atoms with Crippen molar-refractivity contribution < 1.29 is 4.74 Å². The van der Waals surface area contributed by atoms with E-state index >= 15 is 0 Å². The molecule has 1 aliphatic carbocycles. The summed E-state index contributed by atoms with van der Waals surface area (Å²) in [6.07, 6.45) is 7.12. The van der Waals surface area contributed by atoms with Crippen LogP contribution >= 0.6 is 0 Å². The van der Waals surface area contributed by atoms with Crippen LogP contribution in [0.2, 0.25) is 0 Å². The molecule has 0 aliphatic heterocycles. The molecule has 0 saturated heterocycles. The van der Waals surface area contributed by atoms with Gasteiger partial charge in [0.25, 0.3) is 0 Å². The van der Waals surface area contributed by atoms with Crippen LogP contribution in [0.4, 0.5) is 5.95 Å². The second kappa shape index (κ2) is 6.22. The van der Waals surface area contributed by atoms with Gasteiger partial charge in [0, 0.05) is 18.8 Å². The Morgan fingerprint density at radius 1 is 1.32 bits per heavy atom. The first kappa shape index (κ1) is 14.1. The van der Waals surface area contributed by atoms with E-state index in [9.17, 15) is 0 Å². The lowest BCUT2D eigenvalue weighted by atomic mass is 9.79. The van der Waals surface area contributed by atoms with Gasteiger partial charge in [0.05, 0.1) is 0 Å². The van der Waals surface area contributed by atoms with Crippen molar-refractivity contribution in [2.24, 2.45) is 11.8 Å². The summed E-state index contributed by atoms with van der Waals surface area (Å²) in [5, 5.41) is 2.96. The molecule has 1 aromatic rings. The third kappa shape index (κ3) is 3.37. The van der Waals surface area contributed by atoms with E-state index in [1.165, 1.54) is 19.3 Å². The quantitative estimate of drug-likeness (QED) is 0.904. The lowest BCUT2D eigenvalue weighted by Crippen LogP contribution is -2.34. The molecule has 0 aromatic carbocycles. The third-order valence-corrected chi connectivity index (χ3v) is 4.02. The van der Waals surface area contributed by atoms with Gasteiger partial charge in [-0.25, -0.2) is 4.98 Å². The highest BCUT2D eigenvalue weighted by atomic mass is 16.5. The number of hydrogen-bond acceptors (Lipinski definition) is 4. The highest BCUT2D eigenvalue weighted by molar-refractivity contribution is 5.32. The molecule has 1 fully saturated rings. The normalized spacial score (nSPS) is 23.4. The van der Waals surface area contributed by atoms with Gasteiger partial charge in [-0.1, -0.05) is 20.3 Å². The number of aromatic nitrogens is 2. The Balaban J connectivity index is 2.14. The van der Waals surface area contributed by atoms with Gasteiger partial charge in [-0.05, 0) is 38.0 Å². The van der Waals surface area contributed by atoms with Crippen molar-refractivity contribution in [3.8, 4) is 5.88 Å². The van der Waals surface area contributed by atoms with Gasteiger partial charge in [-0.2, -0.15) is 4.98 Å². The number of nitrogens with zero attached hydrogens (tertiary/aromatic N) is 2. The predicted octanol–water partition coefficient (Wildman–Crippen LogP) is 3.42. The lowest BCUT2D eigenvalue weighted by molar-refractivity contribution is 0.0618. The Hall–Kier alpha value is -1.32. The van der Waals surface area contributed by atoms with Crippen LogP contribution in [0.3, 0.4) is 0 Å². The third-order valence-electron chi connectivity index (χ3n) is 4.02. The topological polar surface area (TPSA) is 47.0 Å². The van der Waals surface area contributed by atoms with Crippen LogP contribution in [-0.4, -0.2) is 23.1 Å². The number of rotatable bonds is 4. The Labute approximate surface area is 116 Å². The Kier molecular flexibility index (Phi) is 4.61. The fourth-order valence-corrected chi connectivity index (χ4v) is 2.84. The van der Waals surface area contributed by atoms with E-state index < -0.39 is 0 Å². The fraction of sp³-hybridized carbons (Fsp3) is 0.733. The molecule has 0 bridgehead atoms. The van der Waals surface area contributed by atoms with Crippen molar-refractivity contribution in [2.45, 2.75) is 52.6 Å². The molecular weight excluding hydrogens is 238 g/mol. The van der Waals surface area contributed by atoms with Crippen molar-refractivity contribution >= 4 is 5.95 Å². The molecule has 4 heteroatoms. The zero-order valence-corrected chi connectivity index (χ0v) is 12.4. The molecule has 0 amide bonds. The van der Waals surface area contributed by atoms with E-state index in [4.69, 9.17) is 4.74 Å². The summed E-state index contributed by atoms with van der Waals surface area (Å²) in [4.78, 5) is 8.64. The van der Waals surface area contributed by atoms with Crippen LogP contribution in [-0.2, 0) is 0 Å². The molecule has 1 N–H and O–H groups in total. The molecule has 1 aromatic heterocycles. The SMILES string of the molecule is CNc1ncc(C)c(OC2CCCCC2C(C)C)n1. The van der Waals surface area contributed by atoms with Crippen molar-refractivity contribution in [1.82, 2.24) is 9.97 Å². The Morgan fingerprint density at radius 3 is 2.74 bits per heavy atom. The number of hydrogen-bond donors (Lipinski definition) is 1. The lowest BCUT2D eigenvalue weighted by Gasteiger charge is -2.34. The van der Waals surface area contributed by atoms with Gasteiger partial charge in [0.2, 0.25) is 11.8 Å². The molecule has 1 aliphatic rings. The molecule has 0 spiro atoms. The standard InChI is InChI=1S/C15H25N3O/c1-10(2)12-7-5-6-8-13(12)19-14-11(3)9-17-15(16-4)18-14/h9-10,12-13H,5-8H2,1-4H3,(H,16,17,18). The summed E-state index contributed by atoms with van der Waals surface area (Å²) >= 11 is 0. The van der Waals surface area contributed by atoms with Crippen LogP contribution in [0.15, 0.2) is 6.20 Å². The first-order valence-electron chi connectivity index (χ1n) is 7.30. The van der Waals surface area contributed by atoms with E-state index in [0.717, 1.165) is 17.9 Å². The minimum atomic E-state index is 0.298. The average molecular weight is 263 g/mol. The van der Waals surface area contributed by atoms with Crippen molar-refractivity contribution in [1.29, 1.82) is 0 Å². The summed E-state index contributed by atoms with van der Waals surface area (Å²) < 4.78 is 6.21. The van der Waals surface area contributed by atoms with Gasteiger partial charge in [0.15, 0.2) is 0 Å². The predicted molar refractivity (Wildman–Crippen MR) is 77.5 cm³/mol. The summed E-state index contributed by atoms with van der Waals surface area (Å²) in [6, 6.07) is 0. The largest absolute Gasteiger partial charge is 0.474 e. The monoisotopic (exact) mass is 263 g/mol. The van der Waals surface area contributed by atoms with Crippen molar-refractivity contribution in [3.63, 3.8) is 0 Å². The van der Waals surface area contributed by atoms with Crippen LogP contribution in [0, 0.1) is 18.8 Å². The van der Waals surface area contributed by atoms with Gasteiger partial charge in [0.1, 0.15) is 6.10 Å². The number of anilines is 1. The molecule has 2 rings (SSSR count). The zero-order valence-electron chi connectivity index (χ0n) is 12.4. The van der Waals surface area contributed by atoms with Crippen molar-refractivity contribution in [3.05, 3.63) is 11.8 Å². The van der Waals surface area contributed by atoms with Gasteiger partial charge in [-0.3, -0.25) is 0 Å². The molecule has 2 unspecified atom stereocenters. The summed E-state index contributed by atoms with van der Waals surface area (Å²) in [5.74, 6) is 2.66. The van der Waals surface area contributed by atoms with E-state index in [2.05, 4.69) is 29.1 Å². The maximum atomic E-state index is 6.21. The highest BCUT2D eigenvalue weighted by Crippen LogP contribution is 2.33. The van der Waals surface area contributed by atoms with Crippen LogP contribution in [0.1, 0.15) is 45.1 Å². The fourth-order valence-electron chi connectivity index (χ4n) is 2.84. The number of ether oxygens (including phenoxy) is 1. The second-order valence-corrected chi connectivity index (χ2v) is 5.78. The van der Waals surface area contributed by atoms with Crippen molar-refractivity contribution in [2.75, 3.05) is 12.4 Å². The summed E-state index contributed by atoms with van der Waals surface area (Å²) in [6.45, 7) is 6.58. The highest BCUT2D eigenvalue weighted by Gasteiger charge is 2.29. The first-order valence-corrected chi connectivity index (χ1v) is 7.30. The van der Waals surface area contributed by atoms with E-state index in [-0.39, 0.29) is 0 Å². The molecule has 2 atom stereocenters. The molecule has 1 heterocycles. The zero-order chi connectivity index (χ0) is 13.8. The second-order valence-electron chi connectivity index (χ2n) is 5.78. The molecule has 19 heavy (non-hydrogen) atoms. The molecule has 4 nitrogen and oxygen atoms in total. The summed E-state index contributed by atoms with van der Waals surface area (Å²) in [7, 11) is 1.83. The average Bonchev–Trinajstić information content (AvgIpc) is 2.41. The van der Waals surface area contributed by atoms with E-state index in [0.29, 0.717) is 23.9 Å². The maximum Gasteiger partial charge on any atom is 0.225 e. The van der Waals surface area contributed by atoms with Crippen LogP contribution in [0.5, 0.6) is 5.88 Å². The minimum Gasteiger partial charge on any atom is -0.474 e. The Morgan fingerprint density at radius 2 is 2.05 bits per heavy atom. The smallest absolute Gasteiger partial charge is 0.225 e. The summed E-state index contributed by atoms with van der Waals surface area (Å²) in [5.41, 5.74) is 1.01. The number of nitrogens with one attached hydrogen (secondary N) is 1. The number of aryl methyl sites for hydroxylation is 1. The van der Waals surface area contributed by atoms with E-state index in [1.54, 1.807) is 0 Å². The van der Waals surface area contributed by atoms with Gasteiger partial charge >= 0.3 is 0 Å². The molecule has 0 radical (unpaired) electrons. The maximum absolute atomic E-state index is 6.21. The minimum absolute atomic E-state index is 0.298. The van der Waals surface area contributed by atoms with Crippen LogP contribution < -0.4 is 10.1 Å². The van der Waals surface area contributed by atoms with Crippen LogP contribution in [0.25, 0.3) is 0 Å².